The fourth-order valence-corrected chi connectivity index (χ4v) is 3.43. The van der Waals surface area contributed by atoms with Gasteiger partial charge in [0.1, 0.15) is 5.82 Å². The molecule has 1 aromatic carbocycles. The van der Waals surface area contributed by atoms with Crippen LogP contribution in [0.15, 0.2) is 47.0 Å². The number of halogens is 3. The van der Waals surface area contributed by atoms with Gasteiger partial charge in [0.2, 0.25) is 5.89 Å². The zero-order chi connectivity index (χ0) is 21.8. The number of alkyl halides is 2. The second kappa shape index (κ2) is 9.15. The summed E-state index contributed by atoms with van der Waals surface area (Å²) >= 11 is 0. The quantitative estimate of drug-likeness (QED) is 0.579. The first-order valence-electron chi connectivity index (χ1n) is 9.91. The highest BCUT2D eigenvalue weighted by molar-refractivity contribution is 5.92. The number of aromatic nitrogens is 3. The van der Waals surface area contributed by atoms with Crippen molar-refractivity contribution in [2.75, 3.05) is 18.0 Å². The van der Waals surface area contributed by atoms with Gasteiger partial charge < -0.3 is 9.32 Å². The maximum atomic E-state index is 14.5. The summed E-state index contributed by atoms with van der Waals surface area (Å²) in [7, 11) is 0. The van der Waals surface area contributed by atoms with Crippen LogP contribution in [0.5, 0.6) is 0 Å². The molecule has 0 unspecified atom stereocenters. The molecule has 0 N–H and O–H groups in total. The van der Waals surface area contributed by atoms with Crippen LogP contribution in [-0.4, -0.2) is 39.2 Å². The summed E-state index contributed by atoms with van der Waals surface area (Å²) in [6.07, 6.45) is 1.42. The molecule has 2 amide bonds. The Labute approximate surface area is 176 Å². The predicted molar refractivity (Wildman–Crippen MR) is 106 cm³/mol. The molecule has 7 nitrogen and oxygen atoms in total. The van der Waals surface area contributed by atoms with Crippen molar-refractivity contribution in [3.05, 3.63) is 60.0 Å². The summed E-state index contributed by atoms with van der Waals surface area (Å²) in [4.78, 5) is 20.5. The number of nitrogens with zero attached hydrogens (tertiary/aromatic N) is 5. The van der Waals surface area contributed by atoms with E-state index in [-0.39, 0.29) is 24.2 Å². The van der Waals surface area contributed by atoms with Crippen molar-refractivity contribution < 1.29 is 22.4 Å². The molecule has 31 heavy (non-hydrogen) atoms. The van der Waals surface area contributed by atoms with E-state index in [2.05, 4.69) is 15.2 Å². The third-order valence-corrected chi connectivity index (χ3v) is 5.02. The Balaban J connectivity index is 1.57. The third kappa shape index (κ3) is 4.68. The molecule has 0 radical (unpaired) electrons. The van der Waals surface area contributed by atoms with Crippen molar-refractivity contribution >= 4 is 11.7 Å². The Morgan fingerprint density at radius 2 is 1.87 bits per heavy atom. The molecule has 4 rings (SSSR count). The number of para-hydroxylation sites is 1. The second-order valence-electron chi connectivity index (χ2n) is 7.15. The minimum absolute atomic E-state index is 0.0443. The Morgan fingerprint density at radius 1 is 1.10 bits per heavy atom. The Hall–Kier alpha value is -3.43. The van der Waals surface area contributed by atoms with Crippen LogP contribution in [0, 0.1) is 5.82 Å². The first-order valence-corrected chi connectivity index (χ1v) is 9.91. The molecule has 1 aliphatic rings. The van der Waals surface area contributed by atoms with Gasteiger partial charge in [-0.2, -0.15) is 8.78 Å². The summed E-state index contributed by atoms with van der Waals surface area (Å²) in [6.45, 7) is 1.29. The lowest BCUT2D eigenvalue weighted by molar-refractivity contribution is 0.116. The Morgan fingerprint density at radius 3 is 2.52 bits per heavy atom. The smallest absolute Gasteiger partial charge is 0.324 e. The van der Waals surface area contributed by atoms with Crippen LogP contribution in [0.2, 0.25) is 0 Å². The van der Waals surface area contributed by atoms with Crippen LogP contribution in [-0.2, 0) is 6.54 Å². The Kier molecular flexibility index (Phi) is 6.15. The highest BCUT2D eigenvalue weighted by atomic mass is 19.3. The molecule has 3 heterocycles. The van der Waals surface area contributed by atoms with Crippen LogP contribution >= 0.6 is 0 Å². The van der Waals surface area contributed by atoms with Gasteiger partial charge in [-0.3, -0.25) is 9.88 Å². The molecule has 3 aromatic rings. The molecule has 1 aliphatic heterocycles. The summed E-state index contributed by atoms with van der Waals surface area (Å²) in [5, 5.41) is 6.88. The minimum Gasteiger partial charge on any atom is -0.415 e. The monoisotopic (exact) mass is 431 g/mol. The molecule has 0 atom stereocenters. The average Bonchev–Trinajstić information content (AvgIpc) is 3.29. The van der Waals surface area contributed by atoms with E-state index in [1.807, 2.05) is 0 Å². The molecule has 2 aromatic heterocycles. The van der Waals surface area contributed by atoms with Crippen LogP contribution in [0.1, 0.15) is 37.3 Å². The van der Waals surface area contributed by atoms with Crippen molar-refractivity contribution in [2.45, 2.75) is 32.2 Å². The van der Waals surface area contributed by atoms with Gasteiger partial charge in [0.25, 0.3) is 5.89 Å². The highest BCUT2D eigenvalue weighted by Gasteiger charge is 2.26. The molecular weight excluding hydrogens is 411 g/mol. The number of carbonyl (C=O) groups excluding carboxylic acids is 1. The third-order valence-electron chi connectivity index (χ3n) is 5.02. The number of amides is 2. The number of rotatable bonds is 5. The lowest BCUT2D eigenvalue weighted by Gasteiger charge is -2.33. The van der Waals surface area contributed by atoms with Crippen LogP contribution in [0.25, 0.3) is 11.5 Å². The van der Waals surface area contributed by atoms with E-state index in [9.17, 15) is 18.0 Å². The summed E-state index contributed by atoms with van der Waals surface area (Å²) in [5.74, 6) is -1.35. The van der Waals surface area contributed by atoms with Gasteiger partial charge >= 0.3 is 12.5 Å². The number of likely N-dealkylation sites (tertiary alicyclic amines) is 1. The van der Waals surface area contributed by atoms with Crippen LogP contribution in [0.3, 0.4) is 0 Å². The normalized spacial score (nSPS) is 14.1. The summed E-state index contributed by atoms with van der Waals surface area (Å²) in [5.41, 5.74) is 1.02. The standard InChI is InChI=1S/C21H20F3N5O2/c22-16-6-2-3-7-17(16)29(21(30)28-10-4-1-5-11-28)13-15-9-8-14(12-25-15)19-26-27-20(31-19)18(23)24/h2-3,6-9,12,18H,1,4-5,10-11,13H2. The fourth-order valence-electron chi connectivity index (χ4n) is 3.43. The van der Waals surface area contributed by atoms with Gasteiger partial charge in [0.05, 0.1) is 23.5 Å². The molecule has 0 bridgehead atoms. The number of carbonyl (C=O) groups is 1. The van der Waals surface area contributed by atoms with Gasteiger partial charge in [0, 0.05) is 19.3 Å². The van der Waals surface area contributed by atoms with Gasteiger partial charge in [-0.1, -0.05) is 12.1 Å². The van der Waals surface area contributed by atoms with Crippen molar-refractivity contribution in [1.82, 2.24) is 20.1 Å². The van der Waals surface area contributed by atoms with Gasteiger partial charge in [0.15, 0.2) is 0 Å². The first kappa shape index (κ1) is 20.8. The fraction of sp³-hybridized carbons (Fsp3) is 0.333. The number of benzene rings is 1. The predicted octanol–water partition coefficient (Wildman–Crippen LogP) is 4.82. The number of piperidine rings is 1. The Bertz CT molecular complexity index is 1040. The molecule has 162 valence electrons. The lowest BCUT2D eigenvalue weighted by atomic mass is 10.1. The summed E-state index contributed by atoms with van der Waals surface area (Å²) < 4.78 is 44.7. The molecule has 0 aliphatic carbocycles. The van der Waals surface area contributed by atoms with E-state index in [0.29, 0.717) is 24.3 Å². The van der Waals surface area contributed by atoms with E-state index >= 15 is 0 Å². The van der Waals surface area contributed by atoms with E-state index in [4.69, 9.17) is 4.42 Å². The SMILES string of the molecule is O=C(N1CCCCC1)N(Cc1ccc(-c2nnc(C(F)F)o2)cn1)c1ccccc1F. The zero-order valence-electron chi connectivity index (χ0n) is 16.5. The van der Waals surface area contributed by atoms with Gasteiger partial charge in [-0.15, -0.1) is 10.2 Å². The number of urea groups is 1. The molecule has 0 saturated carbocycles. The molecule has 10 heteroatoms. The molecule has 0 spiro atoms. The first-order chi connectivity index (χ1) is 15.0. The topological polar surface area (TPSA) is 75.4 Å². The van der Waals surface area contributed by atoms with E-state index in [1.165, 1.54) is 17.2 Å². The second-order valence-corrected chi connectivity index (χ2v) is 7.15. The minimum atomic E-state index is -2.86. The van der Waals surface area contributed by atoms with Crippen molar-refractivity contribution in [3.8, 4) is 11.5 Å². The number of hydrogen-bond acceptors (Lipinski definition) is 5. The van der Waals surface area contributed by atoms with Gasteiger partial charge in [-0.25, -0.2) is 9.18 Å². The van der Waals surface area contributed by atoms with Crippen LogP contribution in [0.4, 0.5) is 23.7 Å². The van der Waals surface area contributed by atoms with E-state index < -0.39 is 18.1 Å². The number of anilines is 1. The summed E-state index contributed by atoms with van der Waals surface area (Å²) in [6, 6.07) is 8.99. The number of pyridine rings is 1. The maximum Gasteiger partial charge on any atom is 0.324 e. The largest absolute Gasteiger partial charge is 0.415 e. The van der Waals surface area contributed by atoms with Crippen molar-refractivity contribution in [2.24, 2.45) is 0 Å². The number of hydrogen-bond donors (Lipinski definition) is 0. The molecule has 1 fully saturated rings. The van der Waals surface area contributed by atoms with Gasteiger partial charge in [-0.05, 0) is 43.5 Å². The van der Waals surface area contributed by atoms with Crippen molar-refractivity contribution in [1.29, 1.82) is 0 Å². The van der Waals surface area contributed by atoms with Crippen molar-refractivity contribution in [3.63, 3.8) is 0 Å². The van der Waals surface area contributed by atoms with E-state index in [1.54, 1.807) is 35.2 Å². The zero-order valence-corrected chi connectivity index (χ0v) is 16.5. The van der Waals surface area contributed by atoms with Crippen LogP contribution < -0.4 is 4.90 Å². The lowest BCUT2D eigenvalue weighted by Crippen LogP contribution is -2.45. The average molecular weight is 431 g/mol. The molecular formula is C21H20F3N5O2. The maximum absolute atomic E-state index is 14.5. The molecule has 1 saturated heterocycles. The van der Waals surface area contributed by atoms with E-state index in [0.717, 1.165) is 19.3 Å². The highest BCUT2D eigenvalue weighted by Crippen LogP contribution is 2.25.